The SMILES string of the molecule is C.CC=Cc1ccc2cc(C=Cc3ccc(C)cc3)ccc2c1.ClCc1ccc(CCl)cc1.ClCc1ccc2cc(CCl)ccc2c1.I.[HH]. The van der Waals surface area contributed by atoms with Gasteiger partial charge in [-0.25, -0.2) is 0 Å². The molecular formula is C43H45Cl4I. The molecule has 0 saturated heterocycles. The number of alkyl halides is 4. The van der Waals surface area contributed by atoms with E-state index in [1.54, 1.807) is 0 Å². The molecule has 0 bridgehead atoms. The normalized spacial score (nSPS) is 10.5. The zero-order chi connectivity index (χ0) is 32.7. The summed E-state index contributed by atoms with van der Waals surface area (Å²) >= 11 is 22.7. The van der Waals surface area contributed by atoms with Crippen molar-refractivity contribution < 1.29 is 1.43 Å². The van der Waals surface area contributed by atoms with Crippen molar-refractivity contribution >= 4 is 110 Å². The van der Waals surface area contributed by atoms with Crippen molar-refractivity contribution in [3.63, 3.8) is 0 Å². The summed E-state index contributed by atoms with van der Waals surface area (Å²) in [6.45, 7) is 4.15. The highest BCUT2D eigenvalue weighted by Crippen LogP contribution is 2.21. The van der Waals surface area contributed by atoms with Crippen molar-refractivity contribution in [1.29, 1.82) is 0 Å². The van der Waals surface area contributed by atoms with Gasteiger partial charge >= 0.3 is 0 Å². The van der Waals surface area contributed by atoms with Gasteiger partial charge in [-0.05, 0) is 98.6 Å². The van der Waals surface area contributed by atoms with Crippen LogP contribution in [0.5, 0.6) is 0 Å². The van der Waals surface area contributed by atoms with Gasteiger partial charge in [0.25, 0.3) is 0 Å². The van der Waals surface area contributed by atoms with Gasteiger partial charge in [-0.1, -0.05) is 134 Å². The minimum absolute atomic E-state index is 0. The zero-order valence-corrected chi connectivity index (χ0v) is 32.0. The zero-order valence-electron chi connectivity index (χ0n) is 26.6. The first-order valence-electron chi connectivity index (χ1n) is 15.2. The lowest BCUT2D eigenvalue weighted by Gasteiger charge is -2.02. The quantitative estimate of drug-likeness (QED) is 0.0854. The van der Waals surface area contributed by atoms with Crippen molar-refractivity contribution in [3.8, 4) is 0 Å². The van der Waals surface area contributed by atoms with Crippen LogP contribution in [-0.4, -0.2) is 0 Å². The molecule has 0 aliphatic carbocycles. The molecule has 0 atom stereocenters. The van der Waals surface area contributed by atoms with Gasteiger partial charge in [-0.2, -0.15) is 0 Å². The van der Waals surface area contributed by atoms with Crippen molar-refractivity contribution in [2.75, 3.05) is 0 Å². The fraction of sp³-hybridized carbons (Fsp3) is 0.163. The molecule has 0 radical (unpaired) electrons. The molecular weight excluding hydrogens is 785 g/mol. The topological polar surface area (TPSA) is 0 Å². The maximum atomic E-state index is 5.76. The van der Waals surface area contributed by atoms with E-state index in [1.807, 2.05) is 43.3 Å². The molecule has 6 aromatic carbocycles. The highest BCUT2D eigenvalue weighted by Gasteiger charge is 1.98. The highest BCUT2D eigenvalue weighted by molar-refractivity contribution is 14.0. The average molecular weight is 831 g/mol. The summed E-state index contributed by atoms with van der Waals surface area (Å²) in [5.74, 6) is 2.27. The Hall–Kier alpha value is -2.79. The van der Waals surface area contributed by atoms with Crippen LogP contribution >= 0.6 is 70.4 Å². The minimum atomic E-state index is 0. The number of rotatable bonds is 7. The number of hydrogen-bond acceptors (Lipinski definition) is 0. The maximum Gasteiger partial charge on any atom is 0.0474 e. The lowest BCUT2D eigenvalue weighted by molar-refractivity contribution is 1.33. The minimum Gasteiger partial charge on any atom is -0.122 e. The van der Waals surface area contributed by atoms with E-state index in [9.17, 15) is 0 Å². The Bertz CT molecular complexity index is 1830. The summed E-state index contributed by atoms with van der Waals surface area (Å²) in [4.78, 5) is 0. The van der Waals surface area contributed by atoms with Crippen LogP contribution in [0.2, 0.25) is 0 Å². The van der Waals surface area contributed by atoms with Gasteiger partial charge < -0.3 is 0 Å². The predicted molar refractivity (Wildman–Crippen MR) is 232 cm³/mol. The van der Waals surface area contributed by atoms with Gasteiger partial charge in [0.05, 0.1) is 0 Å². The van der Waals surface area contributed by atoms with Crippen LogP contribution in [-0.2, 0) is 23.5 Å². The molecule has 0 N–H and O–H groups in total. The van der Waals surface area contributed by atoms with Crippen LogP contribution < -0.4 is 0 Å². The third kappa shape index (κ3) is 12.9. The van der Waals surface area contributed by atoms with Gasteiger partial charge in [-0.15, -0.1) is 70.4 Å². The van der Waals surface area contributed by atoms with E-state index in [-0.39, 0.29) is 32.8 Å². The highest BCUT2D eigenvalue weighted by atomic mass is 127. The molecule has 0 unspecified atom stereocenters. The summed E-state index contributed by atoms with van der Waals surface area (Å²) in [7, 11) is 0. The predicted octanol–water partition coefficient (Wildman–Crippen LogP) is 15.3. The Morgan fingerprint density at radius 2 is 0.771 bits per heavy atom. The molecule has 0 heterocycles. The van der Waals surface area contributed by atoms with Crippen LogP contribution in [0.1, 0.15) is 60.3 Å². The van der Waals surface area contributed by atoms with Gasteiger partial charge in [0.2, 0.25) is 0 Å². The van der Waals surface area contributed by atoms with Crippen LogP contribution in [0, 0.1) is 6.92 Å². The van der Waals surface area contributed by atoms with Crippen molar-refractivity contribution in [2.45, 2.75) is 44.8 Å². The molecule has 0 fully saturated rings. The molecule has 0 aliphatic rings. The van der Waals surface area contributed by atoms with Crippen LogP contribution in [0.15, 0.2) is 127 Å². The molecule has 48 heavy (non-hydrogen) atoms. The van der Waals surface area contributed by atoms with Gasteiger partial charge in [0, 0.05) is 24.9 Å². The first kappa shape index (κ1) is 41.4. The molecule has 0 nitrogen and oxygen atoms in total. The molecule has 5 heteroatoms. The largest absolute Gasteiger partial charge is 0.122 e. The first-order valence-corrected chi connectivity index (χ1v) is 17.3. The van der Waals surface area contributed by atoms with E-state index in [4.69, 9.17) is 46.4 Å². The van der Waals surface area contributed by atoms with Crippen LogP contribution in [0.4, 0.5) is 0 Å². The summed E-state index contributed by atoms with van der Waals surface area (Å²) in [5, 5.41) is 5.00. The third-order valence-corrected chi connectivity index (χ3v) is 8.64. The van der Waals surface area contributed by atoms with Crippen molar-refractivity contribution in [2.24, 2.45) is 0 Å². The van der Waals surface area contributed by atoms with Gasteiger partial charge in [0.1, 0.15) is 0 Å². The summed E-state index contributed by atoms with van der Waals surface area (Å²) < 4.78 is 0. The van der Waals surface area contributed by atoms with E-state index in [0.717, 1.165) is 22.3 Å². The van der Waals surface area contributed by atoms with E-state index in [1.165, 1.54) is 43.8 Å². The van der Waals surface area contributed by atoms with Crippen molar-refractivity contribution in [1.82, 2.24) is 0 Å². The van der Waals surface area contributed by atoms with E-state index in [2.05, 4.69) is 116 Å². The Labute approximate surface area is 325 Å². The fourth-order valence-electron chi connectivity index (χ4n) is 4.78. The Morgan fingerprint density at radius 1 is 0.438 bits per heavy atom. The average Bonchev–Trinajstić information content (AvgIpc) is 3.11. The number of aryl methyl sites for hydroxylation is 1. The van der Waals surface area contributed by atoms with Crippen molar-refractivity contribution in [3.05, 3.63) is 172 Å². The van der Waals surface area contributed by atoms with Crippen LogP contribution in [0.25, 0.3) is 39.8 Å². The number of fused-ring (bicyclic) bond motifs is 2. The summed E-state index contributed by atoms with van der Waals surface area (Å²) in [5.41, 5.74) is 9.57. The second kappa shape index (κ2) is 22.0. The molecule has 0 aromatic heterocycles. The molecule has 0 aliphatic heterocycles. The standard InChI is InChI=1S/C22H20.C12H10Cl2.C8H8Cl2.CH4.HI.H2/c1-3-4-19-11-13-22-16-20(12-14-21(22)15-19)10-9-18-7-5-17(2)6-8-18;13-7-9-1-3-11-6-10(8-14)2-4-12(11)5-9;9-5-7-1-2-8(6-10)4-3-7;;;/h3-16H,1-2H3;1-6H,7-8H2;1-4H,5-6H2;1H4;2*1H. The number of allylic oxidation sites excluding steroid dienone is 1. The number of hydrogen-bond donors (Lipinski definition) is 0. The Morgan fingerprint density at radius 3 is 1.19 bits per heavy atom. The maximum absolute atomic E-state index is 5.76. The molecule has 0 amide bonds. The van der Waals surface area contributed by atoms with E-state index in [0.29, 0.717) is 23.5 Å². The second-order valence-electron chi connectivity index (χ2n) is 11.0. The lowest BCUT2D eigenvalue weighted by Crippen LogP contribution is -1.81. The molecule has 6 rings (SSSR count). The molecule has 252 valence electrons. The molecule has 0 saturated carbocycles. The van der Waals surface area contributed by atoms with E-state index >= 15 is 0 Å². The number of benzene rings is 6. The molecule has 0 spiro atoms. The summed E-state index contributed by atoms with van der Waals surface area (Å²) in [6.07, 6.45) is 8.53. The fourth-order valence-corrected chi connectivity index (χ4v) is 5.47. The van der Waals surface area contributed by atoms with Crippen LogP contribution in [0.3, 0.4) is 0 Å². The van der Waals surface area contributed by atoms with E-state index < -0.39 is 0 Å². The van der Waals surface area contributed by atoms with Gasteiger partial charge in [-0.3, -0.25) is 0 Å². The summed E-state index contributed by atoms with van der Waals surface area (Å²) in [6, 6.07) is 42.2. The number of halogens is 5. The Balaban J connectivity index is 0.000000386. The molecule has 6 aromatic rings. The van der Waals surface area contributed by atoms with Gasteiger partial charge in [0.15, 0.2) is 0 Å². The smallest absolute Gasteiger partial charge is 0.0474 e. The second-order valence-corrected chi connectivity index (χ2v) is 12.0. The Kier molecular flexibility index (Phi) is 19.0. The lowest BCUT2D eigenvalue weighted by atomic mass is 10.0. The monoisotopic (exact) mass is 828 g/mol. The first-order chi connectivity index (χ1) is 22.4. The third-order valence-electron chi connectivity index (χ3n) is 7.40.